The van der Waals surface area contributed by atoms with E-state index in [-0.39, 0.29) is 11.1 Å². The van der Waals surface area contributed by atoms with E-state index in [1.807, 2.05) is 5.43 Å². The first-order valence-corrected chi connectivity index (χ1v) is 3.66. The third-order valence-electron chi connectivity index (χ3n) is 1.32. The Balaban J connectivity index is 3.08. The molecule has 0 aliphatic carbocycles. The second kappa shape index (κ2) is 3.51. The molecule has 0 atom stereocenters. The van der Waals surface area contributed by atoms with Gasteiger partial charge in [0.2, 0.25) is 0 Å². The highest BCUT2D eigenvalue weighted by atomic mass is 35.5. The van der Waals surface area contributed by atoms with Crippen LogP contribution in [0.1, 0.15) is 16.1 Å². The number of rotatable bonds is 1. The molecule has 1 aromatic rings. The predicted molar refractivity (Wildman–Crippen MR) is 45.6 cm³/mol. The molecule has 0 saturated carbocycles. The van der Waals surface area contributed by atoms with Crippen molar-refractivity contribution in [2.24, 2.45) is 5.84 Å². The number of nitrogens with one attached hydrogen (secondary N) is 1. The molecule has 5 heteroatoms. The molecule has 1 rings (SSSR count). The fourth-order valence-electron chi connectivity index (χ4n) is 0.842. The number of carbonyl (C=O) groups excluding carboxylic acids is 1. The first-order chi connectivity index (χ1) is 5.63. The van der Waals surface area contributed by atoms with Crippen molar-refractivity contribution in [3.05, 3.63) is 28.5 Å². The van der Waals surface area contributed by atoms with Gasteiger partial charge in [0.15, 0.2) is 0 Å². The number of hydrogen-bond acceptors (Lipinski definition) is 3. The average molecular weight is 186 g/mol. The van der Waals surface area contributed by atoms with Gasteiger partial charge in [-0.25, -0.2) is 10.8 Å². The molecule has 0 aliphatic rings. The number of hydrogen-bond donors (Lipinski definition) is 2. The number of aryl methyl sites for hydroxylation is 1. The first kappa shape index (κ1) is 8.96. The summed E-state index contributed by atoms with van der Waals surface area (Å²) in [5, 5.41) is 0.286. The number of hydrazine groups is 1. The Morgan fingerprint density at radius 3 is 2.83 bits per heavy atom. The normalized spacial score (nSPS) is 9.58. The maximum absolute atomic E-state index is 11.0. The Labute approximate surface area is 74.7 Å². The van der Waals surface area contributed by atoms with E-state index in [2.05, 4.69) is 4.98 Å². The molecule has 0 fully saturated rings. The van der Waals surface area contributed by atoms with Gasteiger partial charge in [-0.2, -0.15) is 0 Å². The summed E-state index contributed by atoms with van der Waals surface area (Å²) in [7, 11) is 0. The number of nitrogen functional groups attached to an aromatic ring is 1. The van der Waals surface area contributed by atoms with Crippen LogP contribution in [-0.2, 0) is 0 Å². The van der Waals surface area contributed by atoms with E-state index in [4.69, 9.17) is 17.4 Å². The molecule has 1 aromatic heterocycles. The van der Waals surface area contributed by atoms with Gasteiger partial charge in [-0.15, -0.1) is 0 Å². The van der Waals surface area contributed by atoms with Gasteiger partial charge in [0.1, 0.15) is 5.15 Å². The Morgan fingerprint density at radius 2 is 2.33 bits per heavy atom. The SMILES string of the molecule is Cc1cc(C(=O)NN)cc(Cl)n1. The average Bonchev–Trinajstić information content (AvgIpc) is 2.01. The zero-order valence-electron chi connectivity index (χ0n) is 6.47. The number of carbonyl (C=O) groups is 1. The summed E-state index contributed by atoms with van der Waals surface area (Å²) >= 11 is 5.62. The molecule has 0 spiro atoms. The second-order valence-corrected chi connectivity index (χ2v) is 2.68. The molecule has 1 heterocycles. The molecule has 0 radical (unpaired) electrons. The smallest absolute Gasteiger partial charge is 0.265 e. The largest absolute Gasteiger partial charge is 0.290 e. The third kappa shape index (κ3) is 1.93. The van der Waals surface area contributed by atoms with Crippen LogP contribution in [0.4, 0.5) is 0 Å². The molecule has 0 aromatic carbocycles. The third-order valence-corrected chi connectivity index (χ3v) is 1.51. The molecule has 0 aliphatic heterocycles. The lowest BCUT2D eigenvalue weighted by molar-refractivity contribution is 0.0953. The fraction of sp³-hybridized carbons (Fsp3) is 0.143. The van der Waals surface area contributed by atoms with Gasteiger partial charge in [-0.3, -0.25) is 10.2 Å². The summed E-state index contributed by atoms with van der Waals surface area (Å²) in [5.41, 5.74) is 3.10. The molecule has 64 valence electrons. The molecule has 0 saturated heterocycles. The van der Waals surface area contributed by atoms with E-state index in [1.165, 1.54) is 6.07 Å². The molecular weight excluding hydrogens is 178 g/mol. The number of pyridine rings is 1. The quantitative estimate of drug-likeness (QED) is 0.292. The van der Waals surface area contributed by atoms with Crippen LogP contribution in [0.5, 0.6) is 0 Å². The van der Waals surface area contributed by atoms with Crippen molar-refractivity contribution < 1.29 is 4.79 Å². The van der Waals surface area contributed by atoms with Crippen molar-refractivity contribution in [3.63, 3.8) is 0 Å². The molecule has 0 bridgehead atoms. The van der Waals surface area contributed by atoms with E-state index in [0.717, 1.165) is 0 Å². The lowest BCUT2D eigenvalue weighted by Crippen LogP contribution is -2.30. The number of amides is 1. The summed E-state index contributed by atoms with van der Waals surface area (Å²) in [5.74, 6) is 4.57. The van der Waals surface area contributed by atoms with Crippen LogP contribution in [0.25, 0.3) is 0 Å². The number of halogens is 1. The van der Waals surface area contributed by atoms with Crippen LogP contribution < -0.4 is 11.3 Å². The van der Waals surface area contributed by atoms with Gasteiger partial charge in [0.05, 0.1) is 0 Å². The van der Waals surface area contributed by atoms with E-state index in [9.17, 15) is 4.79 Å². The number of nitrogens with zero attached hydrogens (tertiary/aromatic N) is 1. The second-order valence-electron chi connectivity index (χ2n) is 2.29. The monoisotopic (exact) mass is 185 g/mol. The Kier molecular flexibility index (Phi) is 2.62. The van der Waals surface area contributed by atoms with E-state index >= 15 is 0 Å². The highest BCUT2D eigenvalue weighted by Gasteiger charge is 2.05. The number of nitrogens with two attached hydrogens (primary N) is 1. The lowest BCUT2D eigenvalue weighted by Gasteiger charge is -2.00. The van der Waals surface area contributed by atoms with Gasteiger partial charge in [-0.1, -0.05) is 11.6 Å². The number of aromatic nitrogens is 1. The highest BCUT2D eigenvalue weighted by molar-refractivity contribution is 6.29. The molecule has 4 nitrogen and oxygen atoms in total. The summed E-state index contributed by atoms with van der Waals surface area (Å²) in [6.45, 7) is 1.75. The Hall–Kier alpha value is -1.13. The van der Waals surface area contributed by atoms with E-state index in [0.29, 0.717) is 11.3 Å². The van der Waals surface area contributed by atoms with Gasteiger partial charge < -0.3 is 0 Å². The van der Waals surface area contributed by atoms with Crippen LogP contribution in [0.3, 0.4) is 0 Å². The zero-order valence-corrected chi connectivity index (χ0v) is 7.22. The van der Waals surface area contributed by atoms with Crippen molar-refractivity contribution in [1.29, 1.82) is 0 Å². The van der Waals surface area contributed by atoms with Crippen molar-refractivity contribution in [2.45, 2.75) is 6.92 Å². The molecule has 12 heavy (non-hydrogen) atoms. The lowest BCUT2D eigenvalue weighted by atomic mass is 10.2. The van der Waals surface area contributed by atoms with Gasteiger partial charge in [0.25, 0.3) is 5.91 Å². The highest BCUT2D eigenvalue weighted by Crippen LogP contribution is 2.09. The summed E-state index contributed by atoms with van der Waals surface area (Å²) in [6, 6.07) is 3.06. The standard InChI is InChI=1S/C7H8ClN3O/c1-4-2-5(7(12)11-9)3-6(8)10-4/h2-3H,9H2,1H3,(H,11,12). The van der Waals surface area contributed by atoms with Crippen molar-refractivity contribution in [3.8, 4) is 0 Å². The summed E-state index contributed by atoms with van der Waals surface area (Å²) in [6.07, 6.45) is 0. The fourth-order valence-corrected chi connectivity index (χ4v) is 1.09. The van der Waals surface area contributed by atoms with Gasteiger partial charge in [-0.05, 0) is 19.1 Å². The van der Waals surface area contributed by atoms with Crippen LogP contribution in [-0.4, -0.2) is 10.9 Å². The molecule has 1 amide bonds. The molecular formula is C7H8ClN3O. The van der Waals surface area contributed by atoms with Crippen LogP contribution in [0.2, 0.25) is 5.15 Å². The minimum Gasteiger partial charge on any atom is -0.290 e. The predicted octanol–water partition coefficient (Wildman–Crippen LogP) is 0.647. The van der Waals surface area contributed by atoms with E-state index in [1.54, 1.807) is 13.0 Å². The first-order valence-electron chi connectivity index (χ1n) is 3.28. The van der Waals surface area contributed by atoms with Crippen molar-refractivity contribution in [2.75, 3.05) is 0 Å². The molecule has 3 N–H and O–H groups in total. The van der Waals surface area contributed by atoms with Crippen molar-refractivity contribution >= 4 is 17.5 Å². The minimum atomic E-state index is -0.373. The van der Waals surface area contributed by atoms with Gasteiger partial charge >= 0.3 is 0 Å². The summed E-state index contributed by atoms with van der Waals surface area (Å²) < 4.78 is 0. The maximum Gasteiger partial charge on any atom is 0.265 e. The zero-order chi connectivity index (χ0) is 9.14. The van der Waals surface area contributed by atoms with Crippen LogP contribution >= 0.6 is 11.6 Å². The Bertz CT molecular complexity index is 293. The van der Waals surface area contributed by atoms with Crippen LogP contribution in [0, 0.1) is 6.92 Å². The topological polar surface area (TPSA) is 68.0 Å². The summed E-state index contributed by atoms with van der Waals surface area (Å²) in [4.78, 5) is 14.9. The minimum absolute atomic E-state index is 0.286. The Morgan fingerprint density at radius 1 is 1.67 bits per heavy atom. The van der Waals surface area contributed by atoms with Gasteiger partial charge in [0, 0.05) is 11.3 Å². The maximum atomic E-state index is 11.0. The van der Waals surface area contributed by atoms with Crippen LogP contribution in [0.15, 0.2) is 12.1 Å². The van der Waals surface area contributed by atoms with E-state index < -0.39 is 0 Å². The molecule has 0 unspecified atom stereocenters. The van der Waals surface area contributed by atoms with Crippen molar-refractivity contribution in [1.82, 2.24) is 10.4 Å².